The molecular weight excluding hydrogens is 245 g/mol. The molecule has 1 aliphatic rings. The molecule has 4 heteroatoms. The van der Waals surface area contributed by atoms with Crippen molar-refractivity contribution < 1.29 is 4.74 Å². The molecule has 0 spiro atoms. The zero-order valence-electron chi connectivity index (χ0n) is 9.12. The van der Waals surface area contributed by atoms with Gasteiger partial charge in [-0.15, -0.1) is 12.4 Å². The molecule has 0 atom stereocenters. The van der Waals surface area contributed by atoms with E-state index in [4.69, 9.17) is 16.3 Å². The van der Waals surface area contributed by atoms with Gasteiger partial charge < -0.3 is 10.1 Å². The topological polar surface area (TPSA) is 21.3 Å². The molecule has 0 amide bonds. The summed E-state index contributed by atoms with van der Waals surface area (Å²) in [5, 5.41) is 4.10. The van der Waals surface area contributed by atoms with Gasteiger partial charge in [0.15, 0.2) is 0 Å². The van der Waals surface area contributed by atoms with Crippen LogP contribution in [0, 0.1) is 0 Å². The first kappa shape index (κ1) is 13.8. The summed E-state index contributed by atoms with van der Waals surface area (Å²) in [7, 11) is 0. The van der Waals surface area contributed by atoms with Gasteiger partial charge >= 0.3 is 0 Å². The summed E-state index contributed by atoms with van der Waals surface area (Å²) in [6, 6.07) is 7.86. The monoisotopic (exact) mass is 261 g/mol. The summed E-state index contributed by atoms with van der Waals surface area (Å²) >= 11 is 5.90. The van der Waals surface area contributed by atoms with Gasteiger partial charge in [0.1, 0.15) is 0 Å². The largest absolute Gasteiger partial charge is 0.373 e. The van der Waals surface area contributed by atoms with Crippen molar-refractivity contribution in [1.82, 2.24) is 5.32 Å². The van der Waals surface area contributed by atoms with E-state index in [9.17, 15) is 0 Å². The Kier molecular flexibility index (Phi) is 6.14. The van der Waals surface area contributed by atoms with Crippen LogP contribution in [0.4, 0.5) is 0 Å². The van der Waals surface area contributed by atoms with Crippen molar-refractivity contribution in [2.24, 2.45) is 0 Å². The second kappa shape index (κ2) is 7.13. The third-order valence-electron chi connectivity index (χ3n) is 2.66. The van der Waals surface area contributed by atoms with E-state index in [1.165, 1.54) is 0 Å². The lowest BCUT2D eigenvalue weighted by Gasteiger charge is -2.22. The first-order valence-corrected chi connectivity index (χ1v) is 5.79. The normalized spacial score (nSPS) is 16.8. The summed E-state index contributed by atoms with van der Waals surface area (Å²) in [5.74, 6) is 0. The van der Waals surface area contributed by atoms with Crippen molar-refractivity contribution in [2.45, 2.75) is 25.6 Å². The van der Waals surface area contributed by atoms with Crippen LogP contribution in [-0.4, -0.2) is 19.2 Å². The number of benzene rings is 1. The highest BCUT2D eigenvalue weighted by Gasteiger charge is 2.12. The van der Waals surface area contributed by atoms with Crippen molar-refractivity contribution in [1.29, 1.82) is 0 Å². The molecule has 0 aliphatic carbocycles. The fourth-order valence-electron chi connectivity index (χ4n) is 1.80. The molecule has 2 nitrogen and oxygen atoms in total. The third-order valence-corrected chi connectivity index (χ3v) is 2.90. The van der Waals surface area contributed by atoms with Gasteiger partial charge in [-0.25, -0.2) is 0 Å². The summed E-state index contributed by atoms with van der Waals surface area (Å²) < 4.78 is 5.83. The Labute approximate surface area is 108 Å². The Hall–Kier alpha value is -0.280. The van der Waals surface area contributed by atoms with Crippen LogP contribution in [0.25, 0.3) is 0 Å². The molecule has 1 aromatic rings. The minimum absolute atomic E-state index is 0. The number of hydrogen-bond donors (Lipinski definition) is 1. The molecule has 0 unspecified atom stereocenters. The fraction of sp³-hybridized carbons (Fsp3) is 0.500. The second-order valence-electron chi connectivity index (χ2n) is 3.89. The number of halogens is 2. The molecule has 0 saturated carbocycles. The lowest BCUT2D eigenvalue weighted by molar-refractivity contribution is 0.0212. The Balaban J connectivity index is 0.00000128. The first-order chi connectivity index (χ1) is 7.34. The smallest absolute Gasteiger partial charge is 0.0721 e. The Morgan fingerprint density at radius 3 is 2.75 bits per heavy atom. The van der Waals surface area contributed by atoms with Gasteiger partial charge in [-0.3, -0.25) is 0 Å². The predicted molar refractivity (Wildman–Crippen MR) is 69.4 cm³/mol. The standard InChI is InChI=1S/C12H16ClNO.ClH/c13-11-3-1-2-10(8-11)9-15-12-4-6-14-7-5-12;/h1-3,8,12,14H,4-7,9H2;1H. The summed E-state index contributed by atoms with van der Waals surface area (Å²) in [4.78, 5) is 0. The van der Waals surface area contributed by atoms with Gasteiger partial charge in [-0.2, -0.15) is 0 Å². The molecule has 2 rings (SSSR count). The van der Waals surface area contributed by atoms with E-state index in [1.54, 1.807) is 0 Å². The van der Waals surface area contributed by atoms with Crippen molar-refractivity contribution >= 4 is 24.0 Å². The van der Waals surface area contributed by atoms with Gasteiger partial charge in [0.25, 0.3) is 0 Å². The van der Waals surface area contributed by atoms with E-state index < -0.39 is 0 Å². The van der Waals surface area contributed by atoms with Gasteiger partial charge in [0.05, 0.1) is 12.7 Å². The fourth-order valence-corrected chi connectivity index (χ4v) is 2.02. The second-order valence-corrected chi connectivity index (χ2v) is 4.33. The summed E-state index contributed by atoms with van der Waals surface area (Å²) in [6.07, 6.45) is 2.63. The maximum atomic E-state index is 5.90. The average molecular weight is 262 g/mol. The van der Waals surface area contributed by atoms with Crippen LogP contribution in [0.2, 0.25) is 5.02 Å². The molecule has 1 fully saturated rings. The van der Waals surface area contributed by atoms with E-state index in [2.05, 4.69) is 5.32 Å². The SMILES string of the molecule is Cl.Clc1cccc(COC2CCNCC2)c1. The van der Waals surface area contributed by atoms with E-state index in [1.807, 2.05) is 24.3 Å². The van der Waals surface area contributed by atoms with Crippen LogP contribution < -0.4 is 5.32 Å². The number of hydrogen-bond acceptors (Lipinski definition) is 2. The lowest BCUT2D eigenvalue weighted by Crippen LogP contribution is -2.32. The van der Waals surface area contributed by atoms with Crippen molar-refractivity contribution in [3.8, 4) is 0 Å². The van der Waals surface area contributed by atoms with Crippen molar-refractivity contribution in [2.75, 3.05) is 13.1 Å². The molecule has 90 valence electrons. The molecule has 1 heterocycles. The van der Waals surface area contributed by atoms with Crippen molar-refractivity contribution in [3.63, 3.8) is 0 Å². The maximum Gasteiger partial charge on any atom is 0.0721 e. The molecule has 0 radical (unpaired) electrons. The van der Waals surface area contributed by atoms with E-state index >= 15 is 0 Å². The molecule has 1 aromatic carbocycles. The highest BCUT2D eigenvalue weighted by molar-refractivity contribution is 6.30. The number of ether oxygens (including phenoxy) is 1. The average Bonchev–Trinajstić information content (AvgIpc) is 2.28. The van der Waals surface area contributed by atoms with Crippen LogP contribution in [0.3, 0.4) is 0 Å². The lowest BCUT2D eigenvalue weighted by atomic mass is 10.1. The summed E-state index contributed by atoms with van der Waals surface area (Å²) in [6.45, 7) is 2.81. The molecular formula is C12H17Cl2NO. The molecule has 1 N–H and O–H groups in total. The minimum atomic E-state index is 0. The van der Waals surface area contributed by atoms with Gasteiger partial charge in [0, 0.05) is 5.02 Å². The van der Waals surface area contributed by atoms with E-state index in [0.717, 1.165) is 36.5 Å². The van der Waals surface area contributed by atoms with Gasteiger partial charge in [-0.1, -0.05) is 23.7 Å². The number of rotatable bonds is 3. The molecule has 0 bridgehead atoms. The van der Waals surface area contributed by atoms with Crippen LogP contribution in [0.1, 0.15) is 18.4 Å². The number of piperidine rings is 1. The van der Waals surface area contributed by atoms with Crippen LogP contribution >= 0.6 is 24.0 Å². The van der Waals surface area contributed by atoms with Gasteiger partial charge in [-0.05, 0) is 43.6 Å². The first-order valence-electron chi connectivity index (χ1n) is 5.41. The highest BCUT2D eigenvalue weighted by Crippen LogP contribution is 2.14. The van der Waals surface area contributed by atoms with Crippen LogP contribution in [0.5, 0.6) is 0 Å². The minimum Gasteiger partial charge on any atom is -0.373 e. The zero-order valence-corrected chi connectivity index (χ0v) is 10.7. The third kappa shape index (κ3) is 4.30. The zero-order chi connectivity index (χ0) is 10.5. The Bertz CT molecular complexity index is 314. The van der Waals surface area contributed by atoms with Gasteiger partial charge in [0.2, 0.25) is 0 Å². The van der Waals surface area contributed by atoms with Crippen LogP contribution in [-0.2, 0) is 11.3 Å². The van der Waals surface area contributed by atoms with Crippen LogP contribution in [0.15, 0.2) is 24.3 Å². The van der Waals surface area contributed by atoms with Crippen molar-refractivity contribution in [3.05, 3.63) is 34.9 Å². The quantitative estimate of drug-likeness (QED) is 0.904. The molecule has 1 saturated heterocycles. The molecule has 1 aliphatic heterocycles. The molecule has 0 aromatic heterocycles. The Morgan fingerprint density at radius 2 is 2.06 bits per heavy atom. The maximum absolute atomic E-state index is 5.90. The number of nitrogens with one attached hydrogen (secondary N) is 1. The van der Waals surface area contributed by atoms with E-state index in [0.29, 0.717) is 12.7 Å². The highest BCUT2D eigenvalue weighted by atomic mass is 35.5. The Morgan fingerprint density at radius 1 is 1.31 bits per heavy atom. The summed E-state index contributed by atoms with van der Waals surface area (Å²) in [5.41, 5.74) is 1.15. The predicted octanol–water partition coefficient (Wildman–Crippen LogP) is 3.03. The molecule has 16 heavy (non-hydrogen) atoms. The van der Waals surface area contributed by atoms with E-state index in [-0.39, 0.29) is 12.4 Å².